The number of hydrogen-bond donors (Lipinski definition) is 2. The first kappa shape index (κ1) is 25.8. The van der Waals surface area contributed by atoms with Crippen molar-refractivity contribution in [1.82, 2.24) is 10.0 Å². The Bertz CT molecular complexity index is 1060. The van der Waals surface area contributed by atoms with Crippen molar-refractivity contribution in [3.8, 4) is 5.75 Å². The van der Waals surface area contributed by atoms with E-state index >= 15 is 0 Å². The Morgan fingerprint density at radius 1 is 1.11 bits per heavy atom. The molecule has 0 bridgehead atoms. The predicted octanol–water partition coefficient (Wildman–Crippen LogP) is 4.08. The Kier molecular flexibility index (Phi) is 8.27. The molecule has 2 saturated carbocycles. The van der Waals surface area contributed by atoms with Crippen LogP contribution in [-0.2, 0) is 25.2 Å². The van der Waals surface area contributed by atoms with Gasteiger partial charge in [-0.25, -0.2) is 17.5 Å². The van der Waals surface area contributed by atoms with E-state index in [4.69, 9.17) is 4.74 Å². The van der Waals surface area contributed by atoms with Crippen molar-refractivity contribution in [3.05, 3.63) is 41.7 Å². The molecule has 1 aromatic rings. The van der Waals surface area contributed by atoms with Gasteiger partial charge in [-0.3, -0.25) is 14.9 Å². The minimum absolute atomic E-state index is 0.0294. The fourth-order valence-corrected chi connectivity index (χ4v) is 6.02. The van der Waals surface area contributed by atoms with Gasteiger partial charge in [0, 0.05) is 12.3 Å². The molecule has 192 valence electrons. The number of unbranched alkanes of at least 4 members (excludes halogenated alkanes) is 2. The van der Waals surface area contributed by atoms with E-state index in [-0.39, 0.29) is 29.2 Å². The first-order valence-corrected chi connectivity index (χ1v) is 14.3. The molecule has 1 aliphatic heterocycles. The maximum absolute atomic E-state index is 14.1. The third-order valence-electron chi connectivity index (χ3n) is 6.98. The summed E-state index contributed by atoms with van der Waals surface area (Å²) in [7, 11) is -3.48. The molecule has 2 N–H and O–H groups in total. The Morgan fingerprint density at radius 3 is 2.54 bits per heavy atom. The number of halogens is 1. The van der Waals surface area contributed by atoms with Crippen LogP contribution in [0.5, 0.6) is 5.75 Å². The van der Waals surface area contributed by atoms with Crippen LogP contribution in [0.2, 0.25) is 0 Å². The number of piperidine rings is 1. The van der Waals surface area contributed by atoms with Gasteiger partial charge in [0.05, 0.1) is 17.9 Å². The number of benzene rings is 1. The maximum atomic E-state index is 14.1. The molecule has 2 aliphatic carbocycles. The van der Waals surface area contributed by atoms with Crippen LogP contribution in [0, 0.1) is 17.7 Å². The molecule has 3 aliphatic rings. The second kappa shape index (κ2) is 11.2. The van der Waals surface area contributed by atoms with Gasteiger partial charge in [0.2, 0.25) is 21.8 Å². The lowest BCUT2D eigenvalue weighted by atomic mass is 9.93. The molecule has 4 rings (SSSR count). The third-order valence-corrected chi connectivity index (χ3v) is 8.51. The first-order chi connectivity index (χ1) is 16.8. The van der Waals surface area contributed by atoms with Crippen molar-refractivity contribution >= 4 is 21.8 Å². The highest BCUT2D eigenvalue weighted by molar-refractivity contribution is 7.89. The summed E-state index contributed by atoms with van der Waals surface area (Å²) in [6, 6.07) is 4.65. The van der Waals surface area contributed by atoms with Crippen LogP contribution in [0.15, 0.2) is 30.4 Å². The fraction of sp³-hybridized carbons (Fsp3) is 0.615. The number of allylic oxidation sites excluding steroid dienone is 2. The van der Waals surface area contributed by atoms with Gasteiger partial charge >= 0.3 is 0 Å². The molecule has 0 radical (unpaired) electrons. The number of ether oxygens (including phenoxy) is 1. The first-order valence-electron chi connectivity index (χ1n) is 12.7. The van der Waals surface area contributed by atoms with E-state index in [1.54, 1.807) is 12.1 Å². The standard InChI is InChI=1S/C26H35FN2O5S/c27-22-12-11-21(17-23(22)34-18-19-8-9-19)26(14-15-26)29-35(32,33)16-6-4-2-1-3-5-7-20-10-13-24(30)28-25(20)31/h1-2,11-12,17,19-20,29H,3-10,13-16,18H2,(H,28,30,31)/b2-1+. The number of amides is 2. The van der Waals surface area contributed by atoms with E-state index < -0.39 is 21.4 Å². The van der Waals surface area contributed by atoms with E-state index in [1.807, 2.05) is 12.2 Å². The zero-order valence-electron chi connectivity index (χ0n) is 20.1. The molecule has 1 unspecified atom stereocenters. The second-order valence-corrected chi connectivity index (χ2v) is 11.9. The molecular weight excluding hydrogens is 471 g/mol. The van der Waals surface area contributed by atoms with Crippen molar-refractivity contribution in [2.45, 2.75) is 76.2 Å². The fourth-order valence-electron chi connectivity index (χ4n) is 4.45. The summed E-state index contributed by atoms with van der Waals surface area (Å²) in [5.74, 6) is -0.136. The number of nitrogens with one attached hydrogen (secondary N) is 2. The zero-order valence-corrected chi connectivity index (χ0v) is 20.9. The number of carbonyl (C=O) groups is 2. The Morgan fingerprint density at radius 2 is 1.86 bits per heavy atom. The summed E-state index contributed by atoms with van der Waals surface area (Å²) in [5, 5.41) is 2.38. The van der Waals surface area contributed by atoms with Crippen LogP contribution >= 0.6 is 0 Å². The Hall–Kier alpha value is -2.26. The number of sulfonamides is 1. The van der Waals surface area contributed by atoms with Crippen LogP contribution in [0.25, 0.3) is 0 Å². The lowest BCUT2D eigenvalue weighted by Gasteiger charge is -2.20. The number of rotatable bonds is 14. The molecular formula is C26H35FN2O5S. The van der Waals surface area contributed by atoms with E-state index in [0.29, 0.717) is 51.0 Å². The van der Waals surface area contributed by atoms with Crippen LogP contribution < -0.4 is 14.8 Å². The molecule has 3 fully saturated rings. The van der Waals surface area contributed by atoms with E-state index in [0.717, 1.165) is 37.7 Å². The van der Waals surface area contributed by atoms with Crippen molar-refractivity contribution in [1.29, 1.82) is 0 Å². The predicted molar refractivity (Wildman–Crippen MR) is 131 cm³/mol. The lowest BCUT2D eigenvalue weighted by molar-refractivity contribution is -0.136. The minimum atomic E-state index is -3.48. The topological polar surface area (TPSA) is 102 Å². The molecule has 0 aromatic heterocycles. The van der Waals surface area contributed by atoms with Crippen molar-refractivity contribution < 1.29 is 27.1 Å². The second-order valence-electron chi connectivity index (χ2n) is 10.1. The summed E-state index contributed by atoms with van der Waals surface area (Å²) >= 11 is 0. The number of hydrogen-bond acceptors (Lipinski definition) is 5. The molecule has 7 nitrogen and oxygen atoms in total. The van der Waals surface area contributed by atoms with Crippen molar-refractivity contribution in [3.63, 3.8) is 0 Å². The molecule has 9 heteroatoms. The van der Waals surface area contributed by atoms with Crippen LogP contribution in [-0.4, -0.2) is 32.6 Å². The van der Waals surface area contributed by atoms with Crippen LogP contribution in [0.4, 0.5) is 4.39 Å². The highest BCUT2D eigenvalue weighted by atomic mass is 32.2. The van der Waals surface area contributed by atoms with Gasteiger partial charge in [0.15, 0.2) is 11.6 Å². The molecule has 1 saturated heterocycles. The van der Waals surface area contributed by atoms with E-state index in [9.17, 15) is 22.4 Å². The highest BCUT2D eigenvalue weighted by Crippen LogP contribution is 2.47. The van der Waals surface area contributed by atoms with Gasteiger partial charge < -0.3 is 4.74 Å². The molecule has 0 spiro atoms. The van der Waals surface area contributed by atoms with Crippen LogP contribution in [0.1, 0.15) is 76.2 Å². The van der Waals surface area contributed by atoms with Gasteiger partial charge in [-0.15, -0.1) is 0 Å². The molecule has 1 heterocycles. The number of imide groups is 1. The van der Waals surface area contributed by atoms with Gasteiger partial charge in [0.1, 0.15) is 0 Å². The molecule has 35 heavy (non-hydrogen) atoms. The summed E-state index contributed by atoms with van der Waals surface area (Å²) in [6.45, 7) is 0.504. The largest absolute Gasteiger partial charge is 0.490 e. The van der Waals surface area contributed by atoms with Gasteiger partial charge in [-0.05, 0) is 87.8 Å². The molecule has 1 aromatic carbocycles. The van der Waals surface area contributed by atoms with Crippen molar-refractivity contribution in [2.75, 3.05) is 12.4 Å². The van der Waals surface area contributed by atoms with E-state index in [2.05, 4.69) is 10.0 Å². The lowest BCUT2D eigenvalue weighted by Crippen LogP contribution is -2.40. The Balaban J connectivity index is 1.17. The summed E-state index contributed by atoms with van der Waals surface area (Å²) in [4.78, 5) is 22.9. The normalized spacial score (nSPS) is 21.8. The van der Waals surface area contributed by atoms with Gasteiger partial charge in [-0.2, -0.15) is 0 Å². The average molecular weight is 507 g/mol. The maximum Gasteiger partial charge on any atom is 0.229 e. The Labute approximate surface area is 206 Å². The van der Waals surface area contributed by atoms with Crippen molar-refractivity contribution in [2.24, 2.45) is 11.8 Å². The number of carbonyl (C=O) groups excluding carboxylic acids is 2. The molecule has 1 atom stereocenters. The average Bonchev–Trinajstić information content (AvgIpc) is 3.73. The molecule has 2 amide bonds. The SMILES string of the molecule is O=C1CCC(CCC/C=C/CCCS(=O)(=O)NC2(c3ccc(F)c(OCC4CC4)c3)CC2)C(=O)N1. The smallest absolute Gasteiger partial charge is 0.229 e. The third kappa shape index (κ3) is 7.61. The summed E-state index contributed by atoms with van der Waals surface area (Å²) in [6.07, 6.45) is 12.2. The quantitative estimate of drug-likeness (QED) is 0.225. The van der Waals surface area contributed by atoms with Gasteiger partial charge in [-0.1, -0.05) is 18.2 Å². The summed E-state index contributed by atoms with van der Waals surface area (Å²) in [5.41, 5.74) is 0.0972. The van der Waals surface area contributed by atoms with Gasteiger partial charge in [0.25, 0.3) is 0 Å². The summed E-state index contributed by atoms with van der Waals surface area (Å²) < 4.78 is 48.0. The zero-order chi connectivity index (χ0) is 24.9. The monoisotopic (exact) mass is 506 g/mol. The van der Waals surface area contributed by atoms with E-state index in [1.165, 1.54) is 6.07 Å². The van der Waals surface area contributed by atoms with Crippen LogP contribution in [0.3, 0.4) is 0 Å². The highest BCUT2D eigenvalue weighted by Gasteiger charge is 2.47. The minimum Gasteiger partial charge on any atom is -0.490 e.